The van der Waals surface area contributed by atoms with Crippen molar-refractivity contribution in [3.63, 3.8) is 0 Å². The lowest BCUT2D eigenvalue weighted by atomic mass is 9.75. The zero-order valence-electron chi connectivity index (χ0n) is 17.5. The number of carboxylic acid groups (broad SMARTS) is 1. The van der Waals surface area contributed by atoms with Gasteiger partial charge < -0.3 is 20.1 Å². The molecule has 0 saturated heterocycles. The minimum Gasteiger partial charge on any atom is -0.465 e. The van der Waals surface area contributed by atoms with Crippen LogP contribution in [0.1, 0.15) is 48.2 Å². The molecule has 0 saturated carbocycles. The average molecular weight is 523 g/mol. The van der Waals surface area contributed by atoms with E-state index in [9.17, 15) is 14.7 Å². The summed E-state index contributed by atoms with van der Waals surface area (Å²) in [6.07, 6.45) is 1.26. The highest BCUT2D eigenvalue weighted by Gasteiger charge is 2.34. The number of aromatic nitrogens is 1. The van der Waals surface area contributed by atoms with E-state index in [-0.39, 0.29) is 17.2 Å². The number of hydrogen-bond donors (Lipinski definition) is 2. The topological polar surface area (TPSA) is 91.8 Å². The number of halogens is 1. The predicted molar refractivity (Wildman–Crippen MR) is 122 cm³/mol. The third-order valence-corrected chi connectivity index (χ3v) is 6.22. The molecule has 7 nitrogen and oxygen atoms in total. The summed E-state index contributed by atoms with van der Waals surface area (Å²) in [5.41, 5.74) is 2.61. The first kappa shape index (κ1) is 22.3. The molecule has 30 heavy (non-hydrogen) atoms. The van der Waals surface area contributed by atoms with Gasteiger partial charge in [-0.1, -0.05) is 20.8 Å². The van der Waals surface area contributed by atoms with E-state index in [1.807, 2.05) is 6.07 Å². The average Bonchev–Trinajstić information content (AvgIpc) is 2.88. The van der Waals surface area contributed by atoms with Gasteiger partial charge in [0.15, 0.2) is 0 Å². The van der Waals surface area contributed by atoms with Crippen molar-refractivity contribution in [3.8, 4) is 11.6 Å². The Kier molecular flexibility index (Phi) is 6.54. The smallest absolute Gasteiger partial charge is 0.407 e. The quantitative estimate of drug-likeness (QED) is 0.579. The molecule has 2 heterocycles. The summed E-state index contributed by atoms with van der Waals surface area (Å²) in [5.74, 6) is 0.903. The molecule has 0 spiro atoms. The highest BCUT2D eigenvalue weighted by atomic mass is 127. The minimum atomic E-state index is -0.886. The normalized spacial score (nSPS) is 16.4. The van der Waals surface area contributed by atoms with E-state index in [2.05, 4.69) is 59.7 Å². The molecule has 2 amide bonds. The van der Waals surface area contributed by atoms with Crippen molar-refractivity contribution in [2.45, 2.75) is 33.1 Å². The third kappa shape index (κ3) is 4.85. The number of nitrogens with zero attached hydrogens (tertiary/aromatic N) is 2. The number of hydrogen-bond acceptors (Lipinski definition) is 4. The molecule has 1 aromatic carbocycles. The highest BCUT2D eigenvalue weighted by molar-refractivity contribution is 14.1. The molecule has 3 rings (SSSR count). The Morgan fingerprint density at radius 3 is 2.60 bits per heavy atom. The van der Waals surface area contributed by atoms with Crippen molar-refractivity contribution in [1.82, 2.24) is 15.2 Å². The van der Waals surface area contributed by atoms with Gasteiger partial charge >= 0.3 is 6.09 Å². The van der Waals surface area contributed by atoms with Crippen LogP contribution in [0.25, 0.3) is 0 Å². The summed E-state index contributed by atoms with van der Waals surface area (Å²) in [6.45, 7) is 7.32. The number of benzene rings is 1. The van der Waals surface area contributed by atoms with Crippen LogP contribution in [0.2, 0.25) is 0 Å². The maximum atomic E-state index is 11.7. The van der Waals surface area contributed by atoms with Crippen LogP contribution in [-0.4, -0.2) is 47.1 Å². The van der Waals surface area contributed by atoms with E-state index in [4.69, 9.17) is 4.74 Å². The number of amides is 2. The SMILES string of the molecule is CNC(=O)c1ccc(Oc2cc3c(cc2I)CCN(C(=O)O)CC3C(C)(C)C)nc1. The van der Waals surface area contributed by atoms with E-state index in [1.165, 1.54) is 11.1 Å². The van der Waals surface area contributed by atoms with Crippen LogP contribution in [0.3, 0.4) is 0 Å². The molecule has 1 aromatic heterocycles. The fourth-order valence-corrected chi connectivity index (χ4v) is 4.28. The molecule has 2 aromatic rings. The molecule has 1 aliphatic rings. The van der Waals surface area contributed by atoms with Crippen molar-refractivity contribution in [2.75, 3.05) is 20.1 Å². The monoisotopic (exact) mass is 523 g/mol. The Balaban J connectivity index is 1.96. The molecule has 0 radical (unpaired) electrons. The Morgan fingerprint density at radius 2 is 2.03 bits per heavy atom. The molecule has 1 unspecified atom stereocenters. The Bertz CT molecular complexity index is 954. The molecule has 160 valence electrons. The van der Waals surface area contributed by atoms with Crippen LogP contribution in [0.4, 0.5) is 4.79 Å². The van der Waals surface area contributed by atoms with E-state index in [0.29, 0.717) is 36.7 Å². The molecule has 1 atom stereocenters. The number of fused-ring (bicyclic) bond motifs is 1. The van der Waals surface area contributed by atoms with E-state index < -0.39 is 6.09 Å². The van der Waals surface area contributed by atoms with Crippen molar-refractivity contribution in [3.05, 3.63) is 50.7 Å². The van der Waals surface area contributed by atoms with Gasteiger partial charge in [-0.2, -0.15) is 0 Å². The second-order valence-corrected chi connectivity index (χ2v) is 9.61. The van der Waals surface area contributed by atoms with Crippen LogP contribution >= 0.6 is 22.6 Å². The second-order valence-electron chi connectivity index (χ2n) is 8.44. The lowest BCUT2D eigenvalue weighted by Crippen LogP contribution is -2.36. The summed E-state index contributed by atoms with van der Waals surface area (Å²) in [5, 5.41) is 12.1. The third-order valence-electron chi connectivity index (χ3n) is 5.38. The van der Waals surface area contributed by atoms with E-state index >= 15 is 0 Å². The van der Waals surface area contributed by atoms with Crippen LogP contribution < -0.4 is 10.1 Å². The van der Waals surface area contributed by atoms with Crippen molar-refractivity contribution in [2.24, 2.45) is 5.41 Å². The largest absolute Gasteiger partial charge is 0.465 e. The fourth-order valence-electron chi connectivity index (χ4n) is 3.64. The molecule has 1 aliphatic heterocycles. The van der Waals surface area contributed by atoms with Crippen LogP contribution in [-0.2, 0) is 6.42 Å². The maximum absolute atomic E-state index is 11.7. The van der Waals surface area contributed by atoms with Crippen LogP contribution in [0, 0.1) is 8.99 Å². The molecular weight excluding hydrogens is 497 g/mol. The number of carbonyl (C=O) groups excluding carboxylic acids is 1. The van der Waals surface area contributed by atoms with Gasteiger partial charge in [-0.05, 0) is 63.8 Å². The summed E-state index contributed by atoms with van der Waals surface area (Å²) >= 11 is 2.23. The Morgan fingerprint density at radius 1 is 1.30 bits per heavy atom. The number of ether oxygens (including phenoxy) is 1. The first-order valence-corrected chi connectivity index (χ1v) is 10.8. The Labute approximate surface area is 190 Å². The summed E-state index contributed by atoms with van der Waals surface area (Å²) in [4.78, 5) is 29.1. The van der Waals surface area contributed by atoms with Gasteiger partial charge in [-0.15, -0.1) is 0 Å². The van der Waals surface area contributed by atoms with Gasteiger partial charge in [0.25, 0.3) is 5.91 Å². The predicted octanol–water partition coefficient (Wildman–Crippen LogP) is 4.50. The first-order chi connectivity index (χ1) is 14.1. The number of nitrogens with one attached hydrogen (secondary N) is 1. The maximum Gasteiger partial charge on any atom is 0.407 e. The second kappa shape index (κ2) is 8.79. The number of carbonyl (C=O) groups is 2. The molecule has 0 bridgehead atoms. The molecule has 0 fully saturated rings. The zero-order chi connectivity index (χ0) is 22.1. The van der Waals surface area contributed by atoms with Crippen LogP contribution in [0.5, 0.6) is 11.6 Å². The zero-order valence-corrected chi connectivity index (χ0v) is 19.7. The van der Waals surface area contributed by atoms with Gasteiger partial charge in [0.2, 0.25) is 5.88 Å². The lowest BCUT2D eigenvalue weighted by molar-refractivity contribution is 0.0962. The summed E-state index contributed by atoms with van der Waals surface area (Å²) < 4.78 is 6.97. The molecular formula is C22H26IN3O4. The van der Waals surface area contributed by atoms with Gasteiger partial charge in [0, 0.05) is 38.3 Å². The van der Waals surface area contributed by atoms with Gasteiger partial charge in [-0.3, -0.25) is 4.79 Å². The minimum absolute atomic E-state index is 0.0361. The van der Waals surface area contributed by atoms with Gasteiger partial charge in [-0.25, -0.2) is 9.78 Å². The Hall–Kier alpha value is -2.36. The lowest BCUT2D eigenvalue weighted by Gasteiger charge is -2.33. The molecule has 8 heteroatoms. The molecule has 2 N–H and O–H groups in total. The fraction of sp³-hybridized carbons (Fsp3) is 0.409. The molecule has 0 aliphatic carbocycles. The van der Waals surface area contributed by atoms with Crippen molar-refractivity contribution in [1.29, 1.82) is 0 Å². The standard InChI is InChI=1S/C22H26IN3O4/c1-22(2,3)16-12-26(21(28)29)8-7-13-9-17(23)18(10-15(13)16)30-19-6-5-14(11-25-19)20(27)24-4/h5-6,9-11,16H,7-8,12H2,1-4H3,(H,24,27)(H,28,29). The van der Waals surface area contributed by atoms with Gasteiger partial charge in [0.1, 0.15) is 5.75 Å². The van der Waals surface area contributed by atoms with E-state index in [1.54, 1.807) is 19.2 Å². The summed E-state index contributed by atoms with van der Waals surface area (Å²) in [7, 11) is 1.57. The van der Waals surface area contributed by atoms with E-state index in [0.717, 1.165) is 14.7 Å². The van der Waals surface area contributed by atoms with Gasteiger partial charge in [0.05, 0.1) is 9.13 Å². The number of pyridine rings is 1. The van der Waals surface area contributed by atoms with Crippen molar-refractivity contribution >= 4 is 34.6 Å². The van der Waals surface area contributed by atoms with Crippen molar-refractivity contribution < 1.29 is 19.4 Å². The highest BCUT2D eigenvalue weighted by Crippen LogP contribution is 2.42. The number of rotatable bonds is 3. The van der Waals surface area contributed by atoms with Crippen LogP contribution in [0.15, 0.2) is 30.5 Å². The first-order valence-electron chi connectivity index (χ1n) is 9.76. The summed E-state index contributed by atoms with van der Waals surface area (Å²) in [6, 6.07) is 7.43.